The highest BCUT2D eigenvalue weighted by Crippen LogP contribution is 2.31. The van der Waals surface area contributed by atoms with Gasteiger partial charge in [-0.05, 0) is 24.3 Å². The molecule has 11 nitrogen and oxygen atoms in total. The quantitative estimate of drug-likeness (QED) is 0.316. The van der Waals surface area contributed by atoms with Crippen LogP contribution in [-0.2, 0) is 42.9 Å². The van der Waals surface area contributed by atoms with Crippen molar-refractivity contribution in [1.82, 2.24) is 0 Å². The van der Waals surface area contributed by atoms with Crippen LogP contribution in [0.2, 0.25) is 0 Å². The molecule has 0 aromatic heterocycles. The van der Waals surface area contributed by atoms with Crippen LogP contribution in [0.15, 0.2) is 24.3 Å². The molecule has 32 heavy (non-hydrogen) atoms. The largest absolute Gasteiger partial charge is 0.463 e. The Hall–Kier alpha value is -3.47. The van der Waals surface area contributed by atoms with Gasteiger partial charge in [0.1, 0.15) is 24.7 Å². The van der Waals surface area contributed by atoms with Gasteiger partial charge < -0.3 is 28.4 Å². The summed E-state index contributed by atoms with van der Waals surface area (Å²) < 4.78 is 32.5. The third-order valence-electron chi connectivity index (χ3n) is 4.22. The van der Waals surface area contributed by atoms with Crippen molar-refractivity contribution in [3.8, 4) is 5.75 Å². The van der Waals surface area contributed by atoms with Gasteiger partial charge in [-0.15, -0.1) is 0 Å². The zero-order chi connectivity index (χ0) is 23.8. The van der Waals surface area contributed by atoms with Gasteiger partial charge in [0.05, 0.1) is 0 Å². The molecule has 1 heterocycles. The Bertz CT molecular complexity index is 848. The predicted octanol–water partition coefficient (Wildman–Crippen LogP) is 0.961. The summed E-state index contributed by atoms with van der Waals surface area (Å²) in [6, 6.07) is 5.96. The molecule has 0 saturated carbocycles. The van der Waals surface area contributed by atoms with Gasteiger partial charge in [-0.1, -0.05) is 0 Å². The lowest BCUT2D eigenvalue weighted by atomic mass is 9.98. The normalized spacial score (nSPS) is 24.6. The molecule has 1 aromatic carbocycles. The monoisotopic (exact) mass is 452 g/mol. The highest BCUT2D eigenvalue weighted by molar-refractivity contribution is 5.74. The maximum atomic E-state index is 11.8. The summed E-state index contributed by atoms with van der Waals surface area (Å²) in [6.45, 7) is 4.21. The molecule has 0 amide bonds. The molecule has 0 spiro atoms. The number of hydrogen-bond donors (Lipinski definition) is 0. The Balaban J connectivity index is 2.43. The van der Waals surface area contributed by atoms with Gasteiger partial charge in [-0.25, -0.2) is 0 Å². The fourth-order valence-electron chi connectivity index (χ4n) is 3.04. The molecule has 1 aromatic rings. The minimum atomic E-state index is -1.34. The van der Waals surface area contributed by atoms with Crippen LogP contribution in [0.5, 0.6) is 5.75 Å². The predicted molar refractivity (Wildman–Crippen MR) is 104 cm³/mol. The van der Waals surface area contributed by atoms with Crippen molar-refractivity contribution in [3.05, 3.63) is 29.8 Å². The standard InChI is InChI=1S/C21H24O11/c1-11(23)27-10-17-18(28-12(2)24)19(29-13(3)25)20(30-14(4)26)21(32-17)31-16-7-5-15(9-22)6-8-16/h5-9,17-21H,10H2,1-4H3/t17?,18-,19?,20+,21-/m1/s1. The van der Waals surface area contributed by atoms with Gasteiger partial charge >= 0.3 is 23.9 Å². The summed E-state index contributed by atoms with van der Waals surface area (Å²) in [5, 5.41) is 0. The van der Waals surface area contributed by atoms with Crippen LogP contribution in [0, 0.1) is 0 Å². The molecule has 1 aliphatic rings. The van der Waals surface area contributed by atoms with Crippen LogP contribution in [0.25, 0.3) is 0 Å². The van der Waals surface area contributed by atoms with Crippen LogP contribution in [0.1, 0.15) is 38.1 Å². The minimum Gasteiger partial charge on any atom is -0.463 e. The van der Waals surface area contributed by atoms with Crippen LogP contribution in [0.4, 0.5) is 0 Å². The second-order valence-corrected chi connectivity index (χ2v) is 6.87. The van der Waals surface area contributed by atoms with Crippen molar-refractivity contribution in [1.29, 1.82) is 0 Å². The van der Waals surface area contributed by atoms with E-state index >= 15 is 0 Å². The topological polar surface area (TPSA) is 141 Å². The summed E-state index contributed by atoms with van der Waals surface area (Å²) in [5.74, 6) is -2.58. The van der Waals surface area contributed by atoms with Crippen LogP contribution in [0.3, 0.4) is 0 Å². The molecule has 5 atom stereocenters. The van der Waals surface area contributed by atoms with Crippen LogP contribution >= 0.6 is 0 Å². The number of rotatable bonds is 8. The summed E-state index contributed by atoms with van der Waals surface area (Å²) >= 11 is 0. The number of carbonyl (C=O) groups excluding carboxylic acids is 5. The van der Waals surface area contributed by atoms with Gasteiger partial charge in [0.25, 0.3) is 0 Å². The first-order chi connectivity index (χ1) is 15.1. The fourth-order valence-corrected chi connectivity index (χ4v) is 3.04. The number of esters is 4. The summed E-state index contributed by atoms with van der Waals surface area (Å²) in [7, 11) is 0. The van der Waals surface area contributed by atoms with Gasteiger partial charge in [-0.2, -0.15) is 0 Å². The Morgan fingerprint density at radius 1 is 0.812 bits per heavy atom. The lowest BCUT2D eigenvalue weighted by Crippen LogP contribution is -2.63. The van der Waals surface area contributed by atoms with Gasteiger partial charge in [0.15, 0.2) is 12.2 Å². The maximum Gasteiger partial charge on any atom is 0.303 e. The molecule has 0 aliphatic carbocycles. The van der Waals surface area contributed by atoms with E-state index in [1.807, 2.05) is 0 Å². The fraction of sp³-hybridized carbons (Fsp3) is 0.476. The van der Waals surface area contributed by atoms with Crippen LogP contribution in [-0.4, -0.2) is 67.5 Å². The first-order valence-electron chi connectivity index (χ1n) is 9.63. The number of ether oxygens (including phenoxy) is 6. The molecule has 1 fully saturated rings. The number of aldehydes is 1. The van der Waals surface area contributed by atoms with E-state index in [0.29, 0.717) is 11.8 Å². The third-order valence-corrected chi connectivity index (χ3v) is 4.22. The molecule has 174 valence electrons. The second-order valence-electron chi connectivity index (χ2n) is 6.87. The van der Waals surface area contributed by atoms with Crippen molar-refractivity contribution in [2.24, 2.45) is 0 Å². The molecule has 0 N–H and O–H groups in total. The van der Waals surface area contributed by atoms with E-state index in [2.05, 4.69) is 0 Å². The van der Waals surface area contributed by atoms with E-state index in [1.54, 1.807) is 0 Å². The van der Waals surface area contributed by atoms with E-state index in [0.717, 1.165) is 20.8 Å². The van der Waals surface area contributed by atoms with Gasteiger partial charge in [-0.3, -0.25) is 24.0 Å². The van der Waals surface area contributed by atoms with E-state index < -0.39 is 54.6 Å². The Labute approximate surface area is 183 Å². The van der Waals surface area contributed by atoms with Crippen molar-refractivity contribution < 1.29 is 52.4 Å². The third kappa shape index (κ3) is 7.05. The SMILES string of the molecule is CC(=O)OCC1O[C@@H](Oc2ccc(C=O)cc2)[C@@H](OC(C)=O)C(OC(C)=O)[C@@H]1OC(C)=O. The molecular weight excluding hydrogens is 428 g/mol. The van der Waals surface area contributed by atoms with E-state index in [-0.39, 0.29) is 12.4 Å². The Morgan fingerprint density at radius 2 is 1.34 bits per heavy atom. The van der Waals surface area contributed by atoms with Crippen molar-refractivity contribution >= 4 is 30.2 Å². The van der Waals surface area contributed by atoms with E-state index in [4.69, 9.17) is 28.4 Å². The summed E-state index contributed by atoms with van der Waals surface area (Å²) in [4.78, 5) is 57.4. The minimum absolute atomic E-state index is 0.247. The average molecular weight is 452 g/mol. The number of hydrogen-bond acceptors (Lipinski definition) is 11. The Morgan fingerprint density at radius 3 is 1.84 bits per heavy atom. The average Bonchev–Trinajstić information content (AvgIpc) is 2.70. The zero-order valence-corrected chi connectivity index (χ0v) is 18.0. The highest BCUT2D eigenvalue weighted by Gasteiger charge is 2.53. The maximum absolute atomic E-state index is 11.8. The molecule has 1 saturated heterocycles. The number of carbonyl (C=O) groups is 5. The molecular formula is C21H24O11. The molecule has 11 heteroatoms. The lowest BCUT2D eigenvalue weighted by molar-refractivity contribution is -0.288. The summed E-state index contributed by atoms with van der Waals surface area (Å²) in [5.41, 5.74) is 0.402. The Kier molecular flexibility index (Phi) is 8.71. The highest BCUT2D eigenvalue weighted by atomic mass is 16.7. The number of benzene rings is 1. The smallest absolute Gasteiger partial charge is 0.303 e. The first kappa shape index (κ1) is 24.8. The zero-order valence-electron chi connectivity index (χ0n) is 18.0. The van der Waals surface area contributed by atoms with Crippen molar-refractivity contribution in [2.45, 2.75) is 58.4 Å². The van der Waals surface area contributed by atoms with E-state index in [9.17, 15) is 24.0 Å². The molecule has 0 bridgehead atoms. The molecule has 2 unspecified atom stereocenters. The van der Waals surface area contributed by atoms with Crippen molar-refractivity contribution in [2.75, 3.05) is 6.61 Å². The van der Waals surface area contributed by atoms with E-state index in [1.165, 1.54) is 31.2 Å². The molecule has 2 rings (SSSR count). The first-order valence-corrected chi connectivity index (χ1v) is 9.63. The van der Waals surface area contributed by atoms with Crippen LogP contribution < -0.4 is 4.74 Å². The molecule has 0 radical (unpaired) electrons. The van der Waals surface area contributed by atoms with Gasteiger partial charge in [0.2, 0.25) is 12.4 Å². The van der Waals surface area contributed by atoms with Crippen molar-refractivity contribution in [3.63, 3.8) is 0 Å². The second kappa shape index (κ2) is 11.2. The lowest BCUT2D eigenvalue weighted by Gasteiger charge is -2.43. The summed E-state index contributed by atoms with van der Waals surface area (Å²) in [6.07, 6.45) is -5.72. The van der Waals surface area contributed by atoms with Gasteiger partial charge in [0, 0.05) is 33.3 Å². The molecule has 1 aliphatic heterocycles.